The van der Waals surface area contributed by atoms with Crippen LogP contribution in [-0.4, -0.2) is 11.9 Å². The van der Waals surface area contributed by atoms with Gasteiger partial charge in [-0.25, -0.2) is 0 Å². The van der Waals surface area contributed by atoms with Crippen LogP contribution in [0.1, 0.15) is 43.0 Å². The number of halogens is 1. The summed E-state index contributed by atoms with van der Waals surface area (Å²) < 4.78 is 0.945. The van der Waals surface area contributed by atoms with Crippen LogP contribution < -0.4 is 5.32 Å². The third-order valence-corrected chi connectivity index (χ3v) is 5.86. The van der Waals surface area contributed by atoms with Gasteiger partial charge in [0.2, 0.25) is 0 Å². The van der Waals surface area contributed by atoms with Gasteiger partial charge in [-0.2, -0.15) is 0 Å². The number of benzene rings is 1. The summed E-state index contributed by atoms with van der Waals surface area (Å²) in [6.07, 6.45) is 5.42. The summed E-state index contributed by atoms with van der Waals surface area (Å²) in [5.41, 5.74) is 0.659. The molecule has 0 heterocycles. The second kappa shape index (κ2) is 5.72. The lowest BCUT2D eigenvalue weighted by atomic mass is 9.84. The summed E-state index contributed by atoms with van der Waals surface area (Å²) in [7, 11) is 0. The molecular weight excluding hydrogens is 334 g/mol. The van der Waals surface area contributed by atoms with E-state index in [4.69, 9.17) is 0 Å². The van der Waals surface area contributed by atoms with Gasteiger partial charge in [0.25, 0.3) is 5.91 Å². The third-order valence-electron chi connectivity index (χ3n) is 5.00. The standard InChI is InChI=1S/C16H20BrNOS/c1-9(14-7-10-2-3-11(14)6-10)18-16(19)13-5-4-12(17)8-15(13)20/h4-5,8-11,14,20H,2-3,6-7H2,1H3,(H,18,19). The Morgan fingerprint density at radius 2 is 2.20 bits per heavy atom. The van der Waals surface area contributed by atoms with Crippen molar-refractivity contribution in [3.63, 3.8) is 0 Å². The SMILES string of the molecule is CC(NC(=O)c1ccc(Br)cc1S)C1CC2CCC1C2. The molecule has 3 rings (SSSR count). The monoisotopic (exact) mass is 353 g/mol. The van der Waals surface area contributed by atoms with Gasteiger partial charge in [-0.1, -0.05) is 22.4 Å². The van der Waals surface area contributed by atoms with Crippen LogP contribution in [0.15, 0.2) is 27.6 Å². The number of thiol groups is 1. The molecule has 108 valence electrons. The molecule has 1 amide bonds. The minimum atomic E-state index is -0.00206. The molecule has 2 nitrogen and oxygen atoms in total. The van der Waals surface area contributed by atoms with Gasteiger partial charge in [0.15, 0.2) is 0 Å². The van der Waals surface area contributed by atoms with E-state index >= 15 is 0 Å². The molecule has 0 spiro atoms. The second-order valence-electron chi connectivity index (χ2n) is 6.26. The molecule has 0 aliphatic heterocycles. The molecule has 2 bridgehead atoms. The minimum Gasteiger partial charge on any atom is -0.349 e. The predicted octanol–water partition coefficient (Wildman–Crippen LogP) is 4.29. The Morgan fingerprint density at radius 1 is 1.40 bits per heavy atom. The first-order valence-electron chi connectivity index (χ1n) is 7.34. The molecule has 4 unspecified atom stereocenters. The molecule has 4 heteroatoms. The molecule has 2 saturated carbocycles. The van der Waals surface area contributed by atoms with Crippen molar-refractivity contribution in [2.75, 3.05) is 0 Å². The third kappa shape index (κ3) is 2.77. The maximum Gasteiger partial charge on any atom is 0.252 e. The number of carbonyl (C=O) groups is 1. The van der Waals surface area contributed by atoms with E-state index in [0.717, 1.165) is 21.2 Å². The zero-order chi connectivity index (χ0) is 14.3. The van der Waals surface area contributed by atoms with Crippen LogP contribution in [-0.2, 0) is 0 Å². The Balaban J connectivity index is 1.66. The first kappa shape index (κ1) is 14.5. The number of carbonyl (C=O) groups excluding carboxylic acids is 1. The molecule has 4 atom stereocenters. The van der Waals surface area contributed by atoms with Crippen LogP contribution in [0, 0.1) is 17.8 Å². The van der Waals surface area contributed by atoms with E-state index in [1.807, 2.05) is 18.2 Å². The lowest BCUT2D eigenvalue weighted by Gasteiger charge is -2.28. The molecule has 1 aromatic carbocycles. The highest BCUT2D eigenvalue weighted by molar-refractivity contribution is 9.10. The quantitative estimate of drug-likeness (QED) is 0.779. The molecular formula is C16H20BrNOS. The number of nitrogens with one attached hydrogen (secondary N) is 1. The molecule has 2 aliphatic carbocycles. The van der Waals surface area contributed by atoms with Crippen LogP contribution in [0.3, 0.4) is 0 Å². The maximum absolute atomic E-state index is 12.4. The van der Waals surface area contributed by atoms with E-state index in [-0.39, 0.29) is 11.9 Å². The topological polar surface area (TPSA) is 29.1 Å². The molecule has 20 heavy (non-hydrogen) atoms. The second-order valence-corrected chi connectivity index (χ2v) is 7.66. The normalized spacial score (nSPS) is 29.4. The smallest absolute Gasteiger partial charge is 0.252 e. The average Bonchev–Trinajstić information content (AvgIpc) is 3.00. The first-order chi connectivity index (χ1) is 9.54. The maximum atomic E-state index is 12.4. The Bertz CT molecular complexity index is 533. The van der Waals surface area contributed by atoms with Crippen molar-refractivity contribution >= 4 is 34.5 Å². The summed E-state index contributed by atoms with van der Waals surface area (Å²) >= 11 is 7.78. The van der Waals surface area contributed by atoms with Gasteiger partial charge in [-0.15, -0.1) is 12.6 Å². The van der Waals surface area contributed by atoms with E-state index < -0.39 is 0 Å². The molecule has 0 aromatic heterocycles. The molecule has 2 fully saturated rings. The van der Waals surface area contributed by atoms with Crippen molar-refractivity contribution < 1.29 is 4.79 Å². The van der Waals surface area contributed by atoms with E-state index in [1.165, 1.54) is 25.7 Å². The summed E-state index contributed by atoms with van der Waals surface area (Å²) in [6, 6.07) is 5.83. The molecule has 1 N–H and O–H groups in total. The fourth-order valence-electron chi connectivity index (χ4n) is 3.99. The van der Waals surface area contributed by atoms with E-state index in [2.05, 4.69) is 40.8 Å². The van der Waals surface area contributed by atoms with Crippen LogP contribution in [0.5, 0.6) is 0 Å². The van der Waals surface area contributed by atoms with Crippen molar-refractivity contribution in [1.82, 2.24) is 5.32 Å². The van der Waals surface area contributed by atoms with Crippen LogP contribution >= 0.6 is 28.6 Å². The van der Waals surface area contributed by atoms with Gasteiger partial charge in [0.05, 0.1) is 5.56 Å². The van der Waals surface area contributed by atoms with Crippen LogP contribution in [0.4, 0.5) is 0 Å². The molecule has 1 aromatic rings. The lowest BCUT2D eigenvalue weighted by Crippen LogP contribution is -2.40. The predicted molar refractivity (Wildman–Crippen MR) is 87.3 cm³/mol. The number of hydrogen-bond donors (Lipinski definition) is 2. The van der Waals surface area contributed by atoms with Gasteiger partial charge < -0.3 is 5.32 Å². The molecule has 2 aliphatic rings. The van der Waals surface area contributed by atoms with Crippen molar-refractivity contribution in [1.29, 1.82) is 0 Å². The highest BCUT2D eigenvalue weighted by atomic mass is 79.9. The largest absolute Gasteiger partial charge is 0.349 e. The van der Waals surface area contributed by atoms with Crippen LogP contribution in [0.25, 0.3) is 0 Å². The average molecular weight is 354 g/mol. The summed E-state index contributed by atoms with van der Waals surface area (Å²) in [5.74, 6) is 2.41. The van der Waals surface area contributed by atoms with E-state index in [9.17, 15) is 4.79 Å². The Morgan fingerprint density at radius 3 is 2.80 bits per heavy atom. The zero-order valence-corrected chi connectivity index (χ0v) is 14.1. The fraction of sp³-hybridized carbons (Fsp3) is 0.562. The zero-order valence-electron chi connectivity index (χ0n) is 11.6. The van der Waals surface area contributed by atoms with E-state index in [1.54, 1.807) is 0 Å². The van der Waals surface area contributed by atoms with Gasteiger partial charge >= 0.3 is 0 Å². The molecule has 0 radical (unpaired) electrons. The van der Waals surface area contributed by atoms with Crippen molar-refractivity contribution in [3.8, 4) is 0 Å². The van der Waals surface area contributed by atoms with E-state index in [0.29, 0.717) is 11.5 Å². The lowest BCUT2D eigenvalue weighted by molar-refractivity contribution is 0.0912. The highest BCUT2D eigenvalue weighted by Crippen LogP contribution is 2.49. The number of hydrogen-bond acceptors (Lipinski definition) is 2. The van der Waals surface area contributed by atoms with Crippen molar-refractivity contribution in [2.24, 2.45) is 17.8 Å². The summed E-state index contributed by atoms with van der Waals surface area (Å²) in [6.45, 7) is 2.15. The fourth-order valence-corrected chi connectivity index (χ4v) is 4.85. The Kier molecular flexibility index (Phi) is 4.14. The highest BCUT2D eigenvalue weighted by Gasteiger charge is 2.42. The van der Waals surface area contributed by atoms with Gasteiger partial charge in [0.1, 0.15) is 0 Å². The van der Waals surface area contributed by atoms with Gasteiger partial charge in [0, 0.05) is 15.4 Å². The number of rotatable bonds is 3. The number of fused-ring (bicyclic) bond motifs is 2. The summed E-state index contributed by atoms with van der Waals surface area (Å²) in [5, 5.41) is 3.18. The minimum absolute atomic E-state index is 0.00206. The van der Waals surface area contributed by atoms with Gasteiger partial charge in [-0.3, -0.25) is 4.79 Å². The number of amides is 1. The Labute approximate surface area is 134 Å². The molecule has 0 saturated heterocycles. The van der Waals surface area contributed by atoms with Crippen molar-refractivity contribution in [3.05, 3.63) is 28.2 Å². The van der Waals surface area contributed by atoms with Gasteiger partial charge in [-0.05, 0) is 62.1 Å². The summed E-state index contributed by atoms with van der Waals surface area (Å²) in [4.78, 5) is 13.1. The van der Waals surface area contributed by atoms with Crippen molar-refractivity contribution in [2.45, 2.75) is 43.5 Å². The first-order valence-corrected chi connectivity index (χ1v) is 8.58. The van der Waals surface area contributed by atoms with Crippen LogP contribution in [0.2, 0.25) is 0 Å². The Hall–Kier alpha value is -0.480.